The fraction of sp³-hybridized carbons (Fsp3) is 0. The molecule has 3 heteroatoms. The lowest BCUT2D eigenvalue weighted by atomic mass is 10.1. The van der Waals surface area contributed by atoms with Crippen LogP contribution in [0.3, 0.4) is 0 Å². The second-order valence-corrected chi connectivity index (χ2v) is 3.79. The van der Waals surface area contributed by atoms with E-state index in [0.29, 0.717) is 0 Å². The Bertz CT molecular complexity index is 665. The van der Waals surface area contributed by atoms with E-state index in [9.17, 15) is 5.11 Å². The van der Waals surface area contributed by atoms with E-state index in [2.05, 4.69) is 9.97 Å². The number of hydrogen-bond acceptors (Lipinski definition) is 3. The molecule has 3 aromatic rings. The Kier molecular flexibility index (Phi) is 2.22. The molecule has 0 aliphatic heterocycles. The van der Waals surface area contributed by atoms with Gasteiger partial charge in [-0.05, 0) is 36.4 Å². The summed E-state index contributed by atoms with van der Waals surface area (Å²) in [6, 6.07) is 14.7. The van der Waals surface area contributed by atoms with Gasteiger partial charge in [0.2, 0.25) is 0 Å². The SMILES string of the molecule is Oc1ccc2nc(-c3ccccn3)ccc2c1. The predicted molar refractivity (Wildman–Crippen MR) is 66.6 cm³/mol. The third-order valence-electron chi connectivity index (χ3n) is 2.60. The Morgan fingerprint density at radius 2 is 1.82 bits per heavy atom. The van der Waals surface area contributed by atoms with E-state index in [0.717, 1.165) is 22.3 Å². The Morgan fingerprint density at radius 3 is 2.65 bits per heavy atom. The summed E-state index contributed by atoms with van der Waals surface area (Å²) in [7, 11) is 0. The molecule has 2 aromatic heterocycles. The first kappa shape index (κ1) is 9.78. The molecule has 3 nitrogen and oxygen atoms in total. The van der Waals surface area contributed by atoms with Gasteiger partial charge < -0.3 is 5.11 Å². The largest absolute Gasteiger partial charge is 0.508 e. The standard InChI is InChI=1S/C14H10N2O/c17-11-5-7-12-10(9-11)4-6-14(16-12)13-3-1-2-8-15-13/h1-9,17H. The minimum absolute atomic E-state index is 0.255. The minimum Gasteiger partial charge on any atom is -0.508 e. The van der Waals surface area contributed by atoms with Crippen LogP contribution in [0.1, 0.15) is 0 Å². The maximum atomic E-state index is 9.38. The van der Waals surface area contributed by atoms with E-state index in [-0.39, 0.29) is 5.75 Å². The van der Waals surface area contributed by atoms with Crippen molar-refractivity contribution in [1.29, 1.82) is 0 Å². The number of aromatic nitrogens is 2. The van der Waals surface area contributed by atoms with Crippen molar-refractivity contribution in [2.45, 2.75) is 0 Å². The second-order valence-electron chi connectivity index (χ2n) is 3.79. The highest BCUT2D eigenvalue weighted by molar-refractivity contribution is 5.82. The van der Waals surface area contributed by atoms with E-state index in [1.54, 1.807) is 24.4 Å². The molecule has 82 valence electrons. The number of benzene rings is 1. The van der Waals surface area contributed by atoms with Crippen molar-refractivity contribution in [3.05, 3.63) is 54.7 Å². The Balaban J connectivity index is 2.17. The highest BCUT2D eigenvalue weighted by Gasteiger charge is 2.02. The summed E-state index contributed by atoms with van der Waals surface area (Å²) in [5, 5.41) is 10.3. The zero-order valence-corrected chi connectivity index (χ0v) is 9.04. The van der Waals surface area contributed by atoms with Crippen molar-refractivity contribution < 1.29 is 5.11 Å². The van der Waals surface area contributed by atoms with E-state index in [4.69, 9.17) is 0 Å². The van der Waals surface area contributed by atoms with Crippen molar-refractivity contribution in [2.24, 2.45) is 0 Å². The molecule has 0 fully saturated rings. The molecule has 17 heavy (non-hydrogen) atoms. The van der Waals surface area contributed by atoms with Gasteiger partial charge in [0, 0.05) is 11.6 Å². The number of pyridine rings is 2. The molecule has 0 bridgehead atoms. The van der Waals surface area contributed by atoms with Gasteiger partial charge in [0.25, 0.3) is 0 Å². The second kappa shape index (κ2) is 3.87. The third kappa shape index (κ3) is 1.83. The first-order valence-corrected chi connectivity index (χ1v) is 5.34. The molecule has 0 aliphatic carbocycles. The number of fused-ring (bicyclic) bond motifs is 1. The monoisotopic (exact) mass is 222 g/mol. The highest BCUT2D eigenvalue weighted by Crippen LogP contribution is 2.22. The van der Waals surface area contributed by atoms with Crippen LogP contribution in [0.5, 0.6) is 5.75 Å². The molecule has 1 N–H and O–H groups in total. The van der Waals surface area contributed by atoms with Crippen LogP contribution in [-0.4, -0.2) is 15.1 Å². The van der Waals surface area contributed by atoms with Crippen molar-refractivity contribution in [3.63, 3.8) is 0 Å². The summed E-state index contributed by atoms with van der Waals surface area (Å²) in [6.45, 7) is 0. The first-order valence-electron chi connectivity index (χ1n) is 5.34. The quantitative estimate of drug-likeness (QED) is 0.688. The van der Waals surface area contributed by atoms with Gasteiger partial charge in [0.15, 0.2) is 0 Å². The third-order valence-corrected chi connectivity index (χ3v) is 2.60. The number of aromatic hydroxyl groups is 1. The van der Waals surface area contributed by atoms with Gasteiger partial charge in [0.1, 0.15) is 5.75 Å². The summed E-state index contributed by atoms with van der Waals surface area (Å²) in [4.78, 5) is 8.77. The van der Waals surface area contributed by atoms with Gasteiger partial charge in [-0.15, -0.1) is 0 Å². The molecule has 3 rings (SSSR count). The average molecular weight is 222 g/mol. The van der Waals surface area contributed by atoms with Gasteiger partial charge in [-0.3, -0.25) is 4.98 Å². The Labute approximate surface area is 98.4 Å². The molecular weight excluding hydrogens is 212 g/mol. The molecule has 2 heterocycles. The number of rotatable bonds is 1. The van der Waals surface area contributed by atoms with Gasteiger partial charge in [-0.2, -0.15) is 0 Å². The minimum atomic E-state index is 0.255. The topological polar surface area (TPSA) is 46.0 Å². The van der Waals surface area contributed by atoms with Gasteiger partial charge in [0.05, 0.1) is 16.9 Å². The normalized spacial score (nSPS) is 10.6. The van der Waals surface area contributed by atoms with Gasteiger partial charge >= 0.3 is 0 Å². The van der Waals surface area contributed by atoms with Crippen LogP contribution in [-0.2, 0) is 0 Å². The summed E-state index contributed by atoms with van der Waals surface area (Å²) in [6.07, 6.45) is 1.75. The van der Waals surface area contributed by atoms with Crippen LogP contribution in [0.2, 0.25) is 0 Å². The summed E-state index contributed by atoms with van der Waals surface area (Å²) in [5.41, 5.74) is 2.54. The molecule has 0 aliphatic rings. The molecule has 0 spiro atoms. The Hall–Kier alpha value is -2.42. The fourth-order valence-corrected chi connectivity index (χ4v) is 1.77. The van der Waals surface area contributed by atoms with Crippen molar-refractivity contribution in [2.75, 3.05) is 0 Å². The summed E-state index contributed by atoms with van der Waals surface area (Å²) in [5.74, 6) is 0.255. The Morgan fingerprint density at radius 1 is 0.882 bits per heavy atom. The molecule has 0 atom stereocenters. The fourth-order valence-electron chi connectivity index (χ4n) is 1.77. The van der Waals surface area contributed by atoms with Crippen LogP contribution >= 0.6 is 0 Å². The van der Waals surface area contributed by atoms with E-state index < -0.39 is 0 Å². The average Bonchev–Trinajstić information content (AvgIpc) is 2.39. The summed E-state index contributed by atoms with van der Waals surface area (Å²) >= 11 is 0. The van der Waals surface area contributed by atoms with Crippen molar-refractivity contribution in [1.82, 2.24) is 9.97 Å². The first-order chi connectivity index (χ1) is 8.33. The zero-order valence-electron chi connectivity index (χ0n) is 9.04. The van der Waals surface area contributed by atoms with E-state index >= 15 is 0 Å². The number of hydrogen-bond donors (Lipinski definition) is 1. The van der Waals surface area contributed by atoms with Crippen molar-refractivity contribution in [3.8, 4) is 17.1 Å². The molecule has 0 saturated heterocycles. The van der Waals surface area contributed by atoms with Gasteiger partial charge in [-0.25, -0.2) is 4.98 Å². The lowest BCUT2D eigenvalue weighted by Crippen LogP contribution is -1.87. The van der Waals surface area contributed by atoms with Crippen LogP contribution in [0.15, 0.2) is 54.7 Å². The number of phenols is 1. The maximum Gasteiger partial charge on any atom is 0.116 e. The number of nitrogens with zero attached hydrogens (tertiary/aromatic N) is 2. The van der Waals surface area contributed by atoms with Gasteiger partial charge in [-0.1, -0.05) is 12.1 Å². The predicted octanol–water partition coefficient (Wildman–Crippen LogP) is 3.00. The van der Waals surface area contributed by atoms with Crippen LogP contribution in [0.25, 0.3) is 22.3 Å². The molecule has 0 unspecified atom stereocenters. The van der Waals surface area contributed by atoms with Crippen LogP contribution < -0.4 is 0 Å². The molecule has 0 saturated carbocycles. The maximum absolute atomic E-state index is 9.38. The number of phenolic OH excluding ortho intramolecular Hbond substituents is 1. The van der Waals surface area contributed by atoms with Crippen LogP contribution in [0.4, 0.5) is 0 Å². The molecular formula is C14H10N2O. The van der Waals surface area contributed by atoms with E-state index in [1.165, 1.54) is 0 Å². The van der Waals surface area contributed by atoms with E-state index in [1.807, 2.05) is 30.3 Å². The zero-order chi connectivity index (χ0) is 11.7. The van der Waals surface area contributed by atoms with Crippen LogP contribution in [0, 0.1) is 0 Å². The highest BCUT2D eigenvalue weighted by atomic mass is 16.3. The summed E-state index contributed by atoms with van der Waals surface area (Å²) < 4.78 is 0. The smallest absolute Gasteiger partial charge is 0.116 e. The molecule has 1 aromatic carbocycles. The lowest BCUT2D eigenvalue weighted by molar-refractivity contribution is 0.476. The van der Waals surface area contributed by atoms with Crippen molar-refractivity contribution >= 4 is 10.9 Å². The lowest BCUT2D eigenvalue weighted by Gasteiger charge is -2.02. The molecule has 0 radical (unpaired) electrons. The molecule has 0 amide bonds.